The summed E-state index contributed by atoms with van der Waals surface area (Å²) in [4.78, 5) is 0. The zero-order chi connectivity index (χ0) is 19.7. The molecule has 0 spiro atoms. The van der Waals surface area contributed by atoms with Crippen LogP contribution in [0.4, 0.5) is 0 Å². The molecule has 0 heteroatoms. The van der Waals surface area contributed by atoms with Gasteiger partial charge < -0.3 is 0 Å². The molecule has 0 aliphatic carbocycles. The molecule has 0 saturated carbocycles. The molecule has 4 atom stereocenters. The molecule has 0 nitrogen and oxygen atoms in total. The molecule has 0 N–H and O–H groups in total. The van der Waals surface area contributed by atoms with E-state index in [0.717, 1.165) is 11.8 Å². The minimum Gasteiger partial charge on any atom is -0.0654 e. The van der Waals surface area contributed by atoms with E-state index in [1.54, 1.807) is 0 Å². The van der Waals surface area contributed by atoms with E-state index in [9.17, 15) is 0 Å². The summed E-state index contributed by atoms with van der Waals surface area (Å²) < 4.78 is 0. The molecule has 0 aromatic carbocycles. The smallest absolute Gasteiger partial charge is 0.0281 e. The Bertz CT molecular complexity index is 340. The fourth-order valence-electron chi connectivity index (χ4n) is 5.85. The molecule has 0 rings (SSSR count). The van der Waals surface area contributed by atoms with Crippen LogP contribution in [-0.4, -0.2) is 0 Å². The summed E-state index contributed by atoms with van der Waals surface area (Å²) in [7, 11) is 0. The highest BCUT2D eigenvalue weighted by Gasteiger charge is 2.45. The Labute approximate surface area is 161 Å². The van der Waals surface area contributed by atoms with Gasteiger partial charge >= 0.3 is 0 Å². The van der Waals surface area contributed by atoms with E-state index in [4.69, 9.17) is 0 Å². The first-order valence-electron chi connectivity index (χ1n) is 11.6. The van der Waals surface area contributed by atoms with Crippen LogP contribution in [0.25, 0.3) is 0 Å². The lowest BCUT2D eigenvalue weighted by Gasteiger charge is -2.51. The molecule has 0 aromatic rings. The average Bonchev–Trinajstić information content (AvgIpc) is 2.60. The molecule has 0 bridgehead atoms. The molecule has 0 heterocycles. The van der Waals surface area contributed by atoms with Crippen molar-refractivity contribution in [3.8, 4) is 0 Å². The lowest BCUT2D eigenvalue weighted by atomic mass is 9.54. The molecule has 0 aliphatic rings. The fraction of sp³-hybridized carbons (Fsp3) is 1.00. The van der Waals surface area contributed by atoms with Gasteiger partial charge in [-0.25, -0.2) is 0 Å². The van der Waals surface area contributed by atoms with E-state index >= 15 is 0 Å². The van der Waals surface area contributed by atoms with Crippen LogP contribution in [0.1, 0.15) is 133 Å². The third-order valence-corrected chi connectivity index (χ3v) is 8.23. The highest BCUT2D eigenvalue weighted by molar-refractivity contribution is 4.94. The van der Waals surface area contributed by atoms with Gasteiger partial charge in [0.25, 0.3) is 0 Å². The molecule has 0 aliphatic heterocycles. The normalized spacial score (nSPS) is 19.9. The lowest BCUT2D eigenvalue weighted by molar-refractivity contribution is -0.0197. The van der Waals surface area contributed by atoms with Gasteiger partial charge in [0.15, 0.2) is 0 Å². The van der Waals surface area contributed by atoms with Crippen LogP contribution in [0.15, 0.2) is 0 Å². The molecule has 25 heavy (non-hydrogen) atoms. The Balaban J connectivity index is 5.53. The van der Waals surface area contributed by atoms with Crippen LogP contribution in [0.3, 0.4) is 0 Å². The van der Waals surface area contributed by atoms with E-state index < -0.39 is 0 Å². The summed E-state index contributed by atoms with van der Waals surface area (Å²) in [5.41, 5.74) is 1.52. The maximum Gasteiger partial charge on any atom is -0.0281 e. The van der Waals surface area contributed by atoms with E-state index in [-0.39, 0.29) is 0 Å². The Kier molecular flexibility index (Phi) is 11.0. The lowest BCUT2D eigenvalue weighted by Crippen LogP contribution is -2.43. The van der Waals surface area contributed by atoms with Crippen LogP contribution in [0, 0.1) is 28.1 Å². The maximum absolute atomic E-state index is 2.60. The van der Waals surface area contributed by atoms with Gasteiger partial charge in [0, 0.05) is 0 Å². The van der Waals surface area contributed by atoms with Gasteiger partial charge in [-0.3, -0.25) is 0 Å². The van der Waals surface area contributed by atoms with Gasteiger partial charge in [-0.1, -0.05) is 108 Å². The van der Waals surface area contributed by atoms with Crippen molar-refractivity contribution in [2.45, 2.75) is 133 Å². The molecule has 152 valence electrons. The summed E-state index contributed by atoms with van der Waals surface area (Å²) in [6.45, 7) is 24.7. The summed E-state index contributed by atoms with van der Waals surface area (Å²) in [5.74, 6) is 1.66. The molecule has 0 aromatic heterocycles. The predicted octanol–water partition coefficient (Wildman–Crippen LogP) is 9.28. The molecule has 0 amide bonds. The van der Waals surface area contributed by atoms with Gasteiger partial charge in [-0.2, -0.15) is 0 Å². The number of hydrogen-bond donors (Lipinski definition) is 0. The van der Waals surface area contributed by atoms with Crippen LogP contribution in [-0.2, 0) is 0 Å². The van der Waals surface area contributed by atoms with Gasteiger partial charge in [0.2, 0.25) is 0 Å². The predicted molar refractivity (Wildman–Crippen MR) is 117 cm³/mol. The summed E-state index contributed by atoms with van der Waals surface area (Å²) in [6.07, 6.45) is 13.5. The second-order valence-corrected chi connectivity index (χ2v) is 10.0. The van der Waals surface area contributed by atoms with Crippen molar-refractivity contribution in [1.82, 2.24) is 0 Å². The van der Waals surface area contributed by atoms with Crippen LogP contribution >= 0.6 is 0 Å². The Morgan fingerprint density at radius 3 is 1.44 bits per heavy atom. The molecule has 0 fully saturated rings. The van der Waals surface area contributed by atoms with Crippen molar-refractivity contribution in [3.05, 3.63) is 0 Å². The first kappa shape index (κ1) is 25.0. The van der Waals surface area contributed by atoms with Crippen molar-refractivity contribution in [2.24, 2.45) is 28.1 Å². The Morgan fingerprint density at radius 2 is 1.08 bits per heavy atom. The largest absolute Gasteiger partial charge is 0.0654 e. The van der Waals surface area contributed by atoms with Crippen LogP contribution in [0.2, 0.25) is 0 Å². The van der Waals surface area contributed by atoms with Gasteiger partial charge in [0.1, 0.15) is 0 Å². The minimum atomic E-state index is 0.479. The van der Waals surface area contributed by atoms with E-state index in [1.165, 1.54) is 64.2 Å². The third kappa shape index (κ3) is 6.59. The zero-order valence-corrected chi connectivity index (χ0v) is 19.7. The van der Waals surface area contributed by atoms with Gasteiger partial charge in [-0.05, 0) is 53.8 Å². The molecule has 0 saturated heterocycles. The summed E-state index contributed by atoms with van der Waals surface area (Å²) in [6, 6.07) is 0. The van der Waals surface area contributed by atoms with Crippen molar-refractivity contribution in [2.75, 3.05) is 0 Å². The average molecular weight is 353 g/mol. The quantitative estimate of drug-likeness (QED) is 0.292. The fourth-order valence-corrected chi connectivity index (χ4v) is 5.85. The maximum atomic E-state index is 2.60. The molecular weight excluding hydrogens is 300 g/mol. The standard InChI is InChI=1S/C25H52/c1-11-18-23(8,13-3)20-17-21(7)22(24(9,14-4)15-5)25(10,16-6)19-12-2/h21-22H,11-20H2,1-10H3. The minimum absolute atomic E-state index is 0.479. The highest BCUT2D eigenvalue weighted by Crippen LogP contribution is 2.54. The summed E-state index contributed by atoms with van der Waals surface area (Å²) in [5, 5.41) is 0. The Hall–Kier alpha value is 0. The second-order valence-electron chi connectivity index (χ2n) is 10.0. The molecule has 4 unspecified atom stereocenters. The zero-order valence-electron chi connectivity index (χ0n) is 19.7. The van der Waals surface area contributed by atoms with Gasteiger partial charge in [0.05, 0.1) is 0 Å². The van der Waals surface area contributed by atoms with Crippen molar-refractivity contribution in [3.63, 3.8) is 0 Å². The topological polar surface area (TPSA) is 0 Å². The van der Waals surface area contributed by atoms with Crippen molar-refractivity contribution >= 4 is 0 Å². The second kappa shape index (κ2) is 11.0. The highest BCUT2D eigenvalue weighted by atomic mass is 14.5. The molecule has 0 radical (unpaired) electrons. The van der Waals surface area contributed by atoms with Crippen molar-refractivity contribution < 1.29 is 0 Å². The number of hydrogen-bond acceptors (Lipinski definition) is 0. The first-order valence-corrected chi connectivity index (χ1v) is 11.6. The first-order chi connectivity index (χ1) is 11.6. The molecular formula is C25H52. The van der Waals surface area contributed by atoms with E-state index in [2.05, 4.69) is 69.2 Å². The SMILES string of the molecule is CCCC(C)(CC)CCC(C)C(C(C)(CC)CC)C(C)(CC)CCC. The van der Waals surface area contributed by atoms with Crippen molar-refractivity contribution in [1.29, 1.82) is 0 Å². The monoisotopic (exact) mass is 352 g/mol. The van der Waals surface area contributed by atoms with Crippen LogP contribution < -0.4 is 0 Å². The Morgan fingerprint density at radius 1 is 0.600 bits per heavy atom. The third-order valence-electron chi connectivity index (χ3n) is 8.23. The summed E-state index contributed by atoms with van der Waals surface area (Å²) >= 11 is 0. The van der Waals surface area contributed by atoms with Crippen LogP contribution in [0.5, 0.6) is 0 Å². The number of rotatable bonds is 14. The van der Waals surface area contributed by atoms with E-state index in [1.807, 2.05) is 0 Å². The van der Waals surface area contributed by atoms with E-state index in [0.29, 0.717) is 16.2 Å². The van der Waals surface area contributed by atoms with Gasteiger partial charge in [-0.15, -0.1) is 0 Å².